The average Bonchev–Trinajstić information content (AvgIpc) is 2.91. The van der Waals surface area contributed by atoms with E-state index >= 15 is 0 Å². The van der Waals surface area contributed by atoms with Gasteiger partial charge in [0, 0.05) is 19.0 Å². The van der Waals surface area contributed by atoms with Crippen LogP contribution < -0.4 is 15.5 Å². The summed E-state index contributed by atoms with van der Waals surface area (Å²) in [7, 11) is 2.12. The lowest BCUT2D eigenvalue weighted by molar-refractivity contribution is -0.143. The number of alkyl carbamates (subject to hydrolysis) is 1. The Kier molecular flexibility index (Phi) is 8.43. The molecular formula is C23H36BNO8. The van der Waals surface area contributed by atoms with Crippen molar-refractivity contribution in [1.29, 1.82) is 0 Å². The van der Waals surface area contributed by atoms with Crippen molar-refractivity contribution in [3.63, 3.8) is 0 Å². The van der Waals surface area contributed by atoms with Crippen LogP contribution in [-0.4, -0.2) is 63.0 Å². The van der Waals surface area contributed by atoms with Gasteiger partial charge in [-0.25, -0.2) is 9.59 Å². The Hall–Kier alpha value is -2.30. The van der Waals surface area contributed by atoms with Crippen LogP contribution >= 0.6 is 0 Å². The lowest BCUT2D eigenvalue weighted by Crippen LogP contribution is -2.45. The minimum Gasteiger partial charge on any atom is -0.468 e. The van der Waals surface area contributed by atoms with Gasteiger partial charge in [-0.2, -0.15) is 0 Å². The molecule has 0 aliphatic carbocycles. The second kappa shape index (κ2) is 10.3. The van der Waals surface area contributed by atoms with Gasteiger partial charge in [-0.15, -0.1) is 0 Å². The van der Waals surface area contributed by atoms with E-state index in [1.54, 1.807) is 32.9 Å². The fourth-order valence-electron chi connectivity index (χ4n) is 3.15. The molecule has 0 aromatic heterocycles. The highest BCUT2D eigenvalue weighted by Gasteiger charge is 2.52. The summed E-state index contributed by atoms with van der Waals surface area (Å²) in [5.41, 5.74) is -0.382. The quantitative estimate of drug-likeness (QED) is 0.355. The van der Waals surface area contributed by atoms with Crippen LogP contribution in [0, 0.1) is 0 Å². The Morgan fingerprint density at radius 1 is 1.09 bits per heavy atom. The molecule has 0 radical (unpaired) electrons. The molecule has 1 aliphatic heterocycles. The van der Waals surface area contributed by atoms with E-state index < -0.39 is 42.0 Å². The molecule has 2 rings (SSSR count). The zero-order valence-electron chi connectivity index (χ0n) is 21.1. The number of benzene rings is 1. The van der Waals surface area contributed by atoms with Gasteiger partial charge in [-0.05, 0) is 60.1 Å². The standard InChI is InChI=1S/C23H36BNO8/c1-21(2,3)31-20(27)25-17(19(26)29-9)13-15-10-11-18(30-14-28-8)16(12-15)24-32-22(4,5)23(6,7)33-24/h10-12,17H,13-14H2,1-9H3,(H,25,27)/t17-/m0/s1. The molecule has 1 heterocycles. The van der Waals surface area contributed by atoms with Crippen molar-refractivity contribution in [2.75, 3.05) is 21.0 Å². The summed E-state index contributed by atoms with van der Waals surface area (Å²) in [5, 5.41) is 2.59. The molecule has 0 saturated carbocycles. The van der Waals surface area contributed by atoms with Gasteiger partial charge in [0.1, 0.15) is 17.4 Å². The first kappa shape index (κ1) is 27.0. The van der Waals surface area contributed by atoms with Crippen LogP contribution in [-0.2, 0) is 34.7 Å². The van der Waals surface area contributed by atoms with E-state index in [9.17, 15) is 9.59 Å². The number of ether oxygens (including phenoxy) is 4. The van der Waals surface area contributed by atoms with Gasteiger partial charge in [-0.1, -0.05) is 12.1 Å². The Bertz CT molecular complexity index is 833. The molecule has 1 atom stereocenters. The molecular weight excluding hydrogens is 429 g/mol. The van der Waals surface area contributed by atoms with E-state index in [-0.39, 0.29) is 13.2 Å². The van der Waals surface area contributed by atoms with Crippen molar-refractivity contribution in [1.82, 2.24) is 5.32 Å². The van der Waals surface area contributed by atoms with Gasteiger partial charge in [0.2, 0.25) is 0 Å². The van der Waals surface area contributed by atoms with E-state index in [0.29, 0.717) is 11.2 Å². The first-order valence-electron chi connectivity index (χ1n) is 10.9. The largest absolute Gasteiger partial charge is 0.498 e. The summed E-state index contributed by atoms with van der Waals surface area (Å²) < 4.78 is 33.3. The highest BCUT2D eigenvalue weighted by atomic mass is 16.7. The van der Waals surface area contributed by atoms with E-state index in [4.69, 9.17) is 28.3 Å². The van der Waals surface area contributed by atoms with Crippen LogP contribution in [0.1, 0.15) is 54.0 Å². The van der Waals surface area contributed by atoms with E-state index in [0.717, 1.165) is 5.56 Å². The summed E-state index contributed by atoms with van der Waals surface area (Å²) >= 11 is 0. The molecule has 0 spiro atoms. The molecule has 10 heteroatoms. The van der Waals surface area contributed by atoms with Crippen LogP contribution in [0.4, 0.5) is 4.79 Å². The number of hydrogen-bond acceptors (Lipinski definition) is 8. The van der Waals surface area contributed by atoms with Gasteiger partial charge < -0.3 is 33.6 Å². The first-order valence-corrected chi connectivity index (χ1v) is 10.9. The maximum atomic E-state index is 12.4. The second-order valence-corrected chi connectivity index (χ2v) is 9.94. The fraction of sp³-hybridized carbons (Fsp3) is 0.652. The normalized spacial score (nSPS) is 17.9. The number of methoxy groups -OCH3 is 2. The third kappa shape index (κ3) is 7.09. The molecule has 1 aliphatic rings. The van der Waals surface area contributed by atoms with Crippen molar-refractivity contribution in [3.05, 3.63) is 23.8 Å². The van der Waals surface area contributed by atoms with Gasteiger partial charge in [0.25, 0.3) is 0 Å². The molecule has 184 valence electrons. The lowest BCUT2D eigenvalue weighted by atomic mass is 9.77. The van der Waals surface area contributed by atoms with E-state index in [2.05, 4.69) is 5.32 Å². The average molecular weight is 465 g/mol. The first-order chi connectivity index (χ1) is 15.2. The Balaban J connectivity index is 2.32. The number of amides is 1. The maximum absolute atomic E-state index is 12.4. The number of hydrogen-bond donors (Lipinski definition) is 1. The maximum Gasteiger partial charge on any atom is 0.498 e. The highest BCUT2D eigenvalue weighted by molar-refractivity contribution is 6.63. The Morgan fingerprint density at radius 3 is 2.21 bits per heavy atom. The molecule has 1 aromatic rings. The summed E-state index contributed by atoms with van der Waals surface area (Å²) in [4.78, 5) is 24.6. The molecule has 0 unspecified atom stereocenters. The van der Waals surface area contributed by atoms with Crippen LogP contribution in [0.3, 0.4) is 0 Å². The van der Waals surface area contributed by atoms with Gasteiger partial charge in [0.05, 0.1) is 18.3 Å². The summed E-state index contributed by atoms with van der Waals surface area (Å²) in [6.45, 7) is 13.1. The SMILES string of the molecule is COCOc1ccc(C[C@H](NC(=O)OC(C)(C)C)C(=O)OC)cc1B1OC(C)(C)C(C)(C)O1. The summed E-state index contributed by atoms with van der Waals surface area (Å²) in [6.07, 6.45) is -0.535. The van der Waals surface area contributed by atoms with Crippen molar-refractivity contribution in [3.8, 4) is 5.75 Å². The topological polar surface area (TPSA) is 102 Å². The molecule has 1 aromatic carbocycles. The van der Waals surface area contributed by atoms with Crippen molar-refractivity contribution < 1.29 is 37.8 Å². The van der Waals surface area contributed by atoms with Crippen LogP contribution in [0.5, 0.6) is 5.75 Å². The van der Waals surface area contributed by atoms with Gasteiger partial charge in [0.15, 0.2) is 6.79 Å². The minimum atomic E-state index is -0.943. The Morgan fingerprint density at radius 2 is 1.70 bits per heavy atom. The zero-order chi connectivity index (χ0) is 25.0. The molecule has 1 amide bonds. The van der Waals surface area contributed by atoms with Gasteiger partial charge in [-0.3, -0.25) is 0 Å². The van der Waals surface area contributed by atoms with Crippen LogP contribution in [0.2, 0.25) is 0 Å². The molecule has 9 nitrogen and oxygen atoms in total. The second-order valence-electron chi connectivity index (χ2n) is 9.94. The van der Waals surface area contributed by atoms with E-state index in [1.165, 1.54) is 14.2 Å². The van der Waals surface area contributed by atoms with Crippen molar-refractivity contribution in [2.45, 2.75) is 77.7 Å². The van der Waals surface area contributed by atoms with E-state index in [1.807, 2.05) is 33.8 Å². The minimum absolute atomic E-state index is 0.0524. The smallest absolute Gasteiger partial charge is 0.468 e. The van der Waals surface area contributed by atoms with Gasteiger partial charge >= 0.3 is 19.2 Å². The number of nitrogens with one attached hydrogen (secondary N) is 1. The molecule has 1 saturated heterocycles. The number of esters is 1. The molecule has 1 fully saturated rings. The predicted molar refractivity (Wildman–Crippen MR) is 124 cm³/mol. The molecule has 33 heavy (non-hydrogen) atoms. The third-order valence-corrected chi connectivity index (χ3v) is 5.53. The third-order valence-electron chi connectivity index (χ3n) is 5.53. The highest BCUT2D eigenvalue weighted by Crippen LogP contribution is 2.37. The molecule has 0 bridgehead atoms. The fourth-order valence-corrected chi connectivity index (χ4v) is 3.15. The monoisotopic (exact) mass is 465 g/mol. The number of carbonyl (C=O) groups excluding carboxylic acids is 2. The number of rotatable bonds is 8. The predicted octanol–water partition coefficient (Wildman–Crippen LogP) is 2.58. The Labute approximate surface area is 196 Å². The number of carbonyl (C=O) groups is 2. The lowest BCUT2D eigenvalue weighted by Gasteiger charge is -2.32. The van der Waals surface area contributed by atoms with Crippen molar-refractivity contribution >= 4 is 24.6 Å². The molecule has 1 N–H and O–H groups in total. The summed E-state index contributed by atoms with van der Waals surface area (Å²) in [5.74, 6) is -0.0495. The van der Waals surface area contributed by atoms with Crippen molar-refractivity contribution in [2.24, 2.45) is 0 Å². The van der Waals surface area contributed by atoms with Crippen LogP contribution in [0.25, 0.3) is 0 Å². The van der Waals surface area contributed by atoms with Crippen LogP contribution in [0.15, 0.2) is 18.2 Å². The summed E-state index contributed by atoms with van der Waals surface area (Å²) in [6, 6.07) is 4.45. The zero-order valence-corrected chi connectivity index (χ0v) is 21.1.